The van der Waals surface area contributed by atoms with Crippen molar-refractivity contribution in [2.45, 2.75) is 25.4 Å². The molecule has 0 spiro atoms. The Morgan fingerprint density at radius 2 is 2.06 bits per heavy atom. The number of benzene rings is 2. The summed E-state index contributed by atoms with van der Waals surface area (Å²) in [5.74, 6) is 0.797. The number of halogens is 1. The molecule has 2 atom stereocenters. The Labute approximate surface area is 182 Å². The number of amides is 1. The summed E-state index contributed by atoms with van der Waals surface area (Å²) < 4.78 is 29.4. The predicted molar refractivity (Wildman–Crippen MR) is 113 cm³/mol. The Kier molecular flexibility index (Phi) is 4.93. The summed E-state index contributed by atoms with van der Waals surface area (Å²) in [5, 5.41) is 6.77. The highest BCUT2D eigenvalue weighted by atomic mass is 19.1. The number of carbonyl (C=O) groups is 1. The van der Waals surface area contributed by atoms with Gasteiger partial charge in [-0.1, -0.05) is 29.4 Å². The number of nitrogens with zero attached hydrogens (tertiary/aromatic N) is 3. The molecule has 4 aromatic rings. The number of ether oxygens (including phenoxy) is 1. The van der Waals surface area contributed by atoms with Gasteiger partial charge in [-0.3, -0.25) is 4.79 Å². The second kappa shape index (κ2) is 7.92. The lowest BCUT2D eigenvalue weighted by molar-refractivity contribution is 0.0997. The second-order valence-corrected chi connectivity index (χ2v) is 7.53. The molecule has 0 aliphatic heterocycles. The van der Waals surface area contributed by atoms with E-state index in [0.29, 0.717) is 40.7 Å². The van der Waals surface area contributed by atoms with Crippen LogP contribution in [-0.4, -0.2) is 34.3 Å². The van der Waals surface area contributed by atoms with E-state index >= 15 is 0 Å². The minimum atomic E-state index is -0.918. The highest BCUT2D eigenvalue weighted by Gasteiger charge is 2.43. The lowest BCUT2D eigenvalue weighted by atomic mass is 10.1. The Hall–Kier alpha value is -4.01. The lowest BCUT2D eigenvalue weighted by Crippen LogP contribution is -2.12. The van der Waals surface area contributed by atoms with Gasteiger partial charge in [-0.2, -0.15) is 4.98 Å². The maximum absolute atomic E-state index is 13.3. The molecule has 1 aliphatic carbocycles. The fraction of sp³-hybridized carbons (Fsp3) is 0.217. The fourth-order valence-electron chi connectivity index (χ4n) is 3.33. The molecule has 0 unspecified atom stereocenters. The van der Waals surface area contributed by atoms with Crippen LogP contribution >= 0.6 is 0 Å². The van der Waals surface area contributed by atoms with E-state index in [0.717, 1.165) is 5.56 Å². The third-order valence-electron chi connectivity index (χ3n) is 5.28. The van der Waals surface area contributed by atoms with Gasteiger partial charge in [-0.15, -0.1) is 0 Å². The van der Waals surface area contributed by atoms with Crippen LogP contribution in [0.15, 0.2) is 57.6 Å². The molecule has 9 heteroatoms. The van der Waals surface area contributed by atoms with Crippen molar-refractivity contribution in [1.29, 1.82) is 0 Å². The molecule has 2 heterocycles. The van der Waals surface area contributed by atoms with Gasteiger partial charge in [0, 0.05) is 11.3 Å². The number of alkyl halides is 1. The minimum Gasteiger partial charge on any atom is -0.496 e. The van der Waals surface area contributed by atoms with Crippen molar-refractivity contribution in [2.24, 2.45) is 0 Å². The summed E-state index contributed by atoms with van der Waals surface area (Å²) in [6, 6.07) is 12.6. The molecule has 5 rings (SSSR count). The quantitative estimate of drug-likeness (QED) is 0.465. The molecule has 162 valence electrons. The van der Waals surface area contributed by atoms with Gasteiger partial charge >= 0.3 is 0 Å². The van der Waals surface area contributed by atoms with E-state index in [1.54, 1.807) is 25.3 Å². The van der Waals surface area contributed by atoms with Gasteiger partial charge in [0.2, 0.25) is 23.4 Å². The van der Waals surface area contributed by atoms with Crippen LogP contribution in [0.5, 0.6) is 5.75 Å². The van der Waals surface area contributed by atoms with Gasteiger partial charge in [-0.25, -0.2) is 9.37 Å². The van der Waals surface area contributed by atoms with Crippen molar-refractivity contribution in [3.63, 3.8) is 0 Å². The second-order valence-electron chi connectivity index (χ2n) is 7.53. The van der Waals surface area contributed by atoms with Gasteiger partial charge in [0.1, 0.15) is 11.9 Å². The van der Waals surface area contributed by atoms with Crippen LogP contribution in [-0.2, 0) is 0 Å². The molecule has 32 heavy (non-hydrogen) atoms. The zero-order valence-corrected chi connectivity index (χ0v) is 17.3. The summed E-state index contributed by atoms with van der Waals surface area (Å²) in [7, 11) is 1.55. The van der Waals surface area contributed by atoms with Crippen LogP contribution in [0.2, 0.25) is 0 Å². The number of anilines is 1. The Morgan fingerprint density at radius 1 is 1.25 bits per heavy atom. The normalized spacial score (nSPS) is 17.2. The molecule has 8 nitrogen and oxygen atoms in total. The summed E-state index contributed by atoms with van der Waals surface area (Å²) in [6.45, 7) is 1.86. The van der Waals surface area contributed by atoms with E-state index in [1.807, 2.05) is 31.2 Å². The molecule has 1 N–H and O–H groups in total. The average Bonchev–Trinajstić information content (AvgIpc) is 3.21. The van der Waals surface area contributed by atoms with Crippen LogP contribution in [0.3, 0.4) is 0 Å². The molecule has 0 bridgehead atoms. The molecular weight excluding hydrogens is 415 g/mol. The smallest absolute Gasteiger partial charge is 0.293 e. The number of rotatable bonds is 6. The number of hydrogen-bond donors (Lipinski definition) is 1. The van der Waals surface area contributed by atoms with Crippen molar-refractivity contribution < 1.29 is 22.9 Å². The standard InChI is InChI=1S/C23H19FN4O4/c1-12-7-8-13(20-27-23(32-28-20)15-10-16(15)24)9-17(12)26-21(29)19-11-25-22(31-19)14-5-3-4-6-18(14)30-2/h3-9,11,15-16H,10H2,1-2H3,(H,26,29)/t15-,16-/m0/s1. The van der Waals surface area contributed by atoms with E-state index in [9.17, 15) is 9.18 Å². The van der Waals surface area contributed by atoms with Gasteiger partial charge < -0.3 is 19.0 Å². The fourth-order valence-corrected chi connectivity index (χ4v) is 3.33. The van der Waals surface area contributed by atoms with Crippen molar-refractivity contribution in [3.05, 3.63) is 65.9 Å². The van der Waals surface area contributed by atoms with Crippen LogP contribution in [0, 0.1) is 6.92 Å². The largest absolute Gasteiger partial charge is 0.496 e. The topological polar surface area (TPSA) is 103 Å². The average molecular weight is 434 g/mol. The van der Waals surface area contributed by atoms with Gasteiger partial charge in [-0.05, 0) is 37.1 Å². The first-order chi connectivity index (χ1) is 15.5. The van der Waals surface area contributed by atoms with E-state index < -0.39 is 12.1 Å². The zero-order chi connectivity index (χ0) is 22.2. The first-order valence-electron chi connectivity index (χ1n) is 10.0. The van der Waals surface area contributed by atoms with Gasteiger partial charge in [0.05, 0.1) is 24.8 Å². The number of hydrogen-bond acceptors (Lipinski definition) is 7. The van der Waals surface area contributed by atoms with Crippen LogP contribution in [0.1, 0.15) is 34.3 Å². The SMILES string of the molecule is COc1ccccc1-c1ncc(C(=O)Nc2cc(-c3noc([C@H]4C[C@@H]4F)n3)ccc2C)o1. The van der Waals surface area contributed by atoms with Crippen LogP contribution in [0.4, 0.5) is 10.1 Å². The molecule has 1 saturated carbocycles. The third-order valence-corrected chi connectivity index (χ3v) is 5.28. The summed E-state index contributed by atoms with van der Waals surface area (Å²) in [5.41, 5.74) is 2.68. The Balaban J connectivity index is 1.36. The van der Waals surface area contributed by atoms with E-state index in [1.165, 1.54) is 6.20 Å². The van der Waals surface area contributed by atoms with Crippen LogP contribution in [0.25, 0.3) is 22.8 Å². The van der Waals surface area contributed by atoms with Gasteiger partial charge in [0.25, 0.3) is 5.91 Å². The molecule has 1 fully saturated rings. The van der Waals surface area contributed by atoms with E-state index in [-0.39, 0.29) is 17.6 Å². The molecule has 2 aromatic heterocycles. The van der Waals surface area contributed by atoms with Crippen molar-refractivity contribution in [1.82, 2.24) is 15.1 Å². The molecule has 0 radical (unpaired) electrons. The first-order valence-corrected chi connectivity index (χ1v) is 10.0. The number of aromatic nitrogens is 3. The number of oxazole rings is 1. The molecule has 0 saturated heterocycles. The Bertz CT molecular complexity index is 1300. The molecule has 2 aromatic carbocycles. The summed E-state index contributed by atoms with van der Waals surface area (Å²) in [6.07, 6.45) is 0.856. The predicted octanol–water partition coefficient (Wildman–Crippen LogP) is 4.79. The number of methoxy groups -OCH3 is 1. The van der Waals surface area contributed by atoms with Gasteiger partial charge in [0.15, 0.2) is 0 Å². The van der Waals surface area contributed by atoms with Crippen molar-refractivity contribution >= 4 is 11.6 Å². The summed E-state index contributed by atoms with van der Waals surface area (Å²) >= 11 is 0. The third kappa shape index (κ3) is 3.73. The highest BCUT2D eigenvalue weighted by Crippen LogP contribution is 2.43. The molecule has 1 amide bonds. The van der Waals surface area contributed by atoms with E-state index in [4.69, 9.17) is 13.7 Å². The number of nitrogens with one attached hydrogen (secondary N) is 1. The lowest BCUT2D eigenvalue weighted by Gasteiger charge is -2.08. The monoisotopic (exact) mass is 434 g/mol. The number of aryl methyl sites for hydroxylation is 1. The maximum atomic E-state index is 13.3. The van der Waals surface area contributed by atoms with Crippen molar-refractivity contribution in [2.75, 3.05) is 12.4 Å². The van der Waals surface area contributed by atoms with Crippen molar-refractivity contribution in [3.8, 4) is 28.6 Å². The number of carbonyl (C=O) groups excluding carboxylic acids is 1. The zero-order valence-electron chi connectivity index (χ0n) is 17.3. The van der Waals surface area contributed by atoms with Crippen LogP contribution < -0.4 is 10.1 Å². The molecular formula is C23H19FN4O4. The Morgan fingerprint density at radius 3 is 2.84 bits per heavy atom. The number of para-hydroxylation sites is 1. The molecule has 1 aliphatic rings. The first kappa shape index (κ1) is 19.9. The summed E-state index contributed by atoms with van der Waals surface area (Å²) in [4.78, 5) is 21.3. The maximum Gasteiger partial charge on any atom is 0.293 e. The van der Waals surface area contributed by atoms with E-state index in [2.05, 4.69) is 20.4 Å². The minimum absolute atomic E-state index is 0.0558. The highest BCUT2D eigenvalue weighted by molar-refractivity contribution is 6.03.